The van der Waals surface area contributed by atoms with Gasteiger partial charge in [-0.15, -0.1) is 0 Å². The number of amides is 1. The number of carbonyl (C=O) groups is 1. The van der Waals surface area contributed by atoms with E-state index in [2.05, 4.69) is 22.8 Å². The lowest BCUT2D eigenvalue weighted by Gasteiger charge is -2.14. The zero-order valence-corrected chi connectivity index (χ0v) is 11.7. The molecule has 1 aromatic rings. The van der Waals surface area contributed by atoms with Crippen LogP contribution in [0.4, 0.5) is 5.69 Å². The zero-order valence-electron chi connectivity index (χ0n) is 11.7. The van der Waals surface area contributed by atoms with Gasteiger partial charge in [-0.25, -0.2) is 0 Å². The first-order valence-electron chi connectivity index (χ1n) is 6.85. The summed E-state index contributed by atoms with van der Waals surface area (Å²) in [7, 11) is 1.65. The van der Waals surface area contributed by atoms with E-state index in [0.717, 1.165) is 12.1 Å². The van der Waals surface area contributed by atoms with Gasteiger partial charge in [0.15, 0.2) is 0 Å². The first kappa shape index (κ1) is 14.0. The Morgan fingerprint density at radius 1 is 1.37 bits per heavy atom. The van der Waals surface area contributed by atoms with Crippen molar-refractivity contribution in [3.8, 4) is 0 Å². The van der Waals surface area contributed by atoms with E-state index in [-0.39, 0.29) is 11.9 Å². The minimum atomic E-state index is -0.219. The SMILES string of the molecule is COCCNC(C)C(=O)Nc1ccc2c(c1)CCC2. The lowest BCUT2D eigenvalue weighted by molar-refractivity contribution is -0.117. The van der Waals surface area contributed by atoms with Crippen LogP contribution in [0.5, 0.6) is 0 Å². The number of hydrogen-bond acceptors (Lipinski definition) is 3. The second-order valence-corrected chi connectivity index (χ2v) is 4.99. The van der Waals surface area contributed by atoms with Crippen molar-refractivity contribution in [1.82, 2.24) is 5.32 Å². The molecule has 2 N–H and O–H groups in total. The smallest absolute Gasteiger partial charge is 0.241 e. The summed E-state index contributed by atoms with van der Waals surface area (Å²) < 4.78 is 4.95. The van der Waals surface area contributed by atoms with Gasteiger partial charge in [-0.05, 0) is 49.4 Å². The van der Waals surface area contributed by atoms with Gasteiger partial charge in [-0.1, -0.05) is 6.07 Å². The molecule has 0 saturated heterocycles. The van der Waals surface area contributed by atoms with Crippen LogP contribution in [0.3, 0.4) is 0 Å². The largest absolute Gasteiger partial charge is 0.383 e. The van der Waals surface area contributed by atoms with E-state index in [1.165, 1.54) is 24.0 Å². The van der Waals surface area contributed by atoms with Gasteiger partial charge in [0.05, 0.1) is 12.6 Å². The normalized spacial score (nSPS) is 15.1. The van der Waals surface area contributed by atoms with Gasteiger partial charge in [-0.2, -0.15) is 0 Å². The third kappa shape index (κ3) is 3.78. The highest BCUT2D eigenvalue weighted by atomic mass is 16.5. The summed E-state index contributed by atoms with van der Waals surface area (Å²) in [5.74, 6) is -0.00551. The second kappa shape index (κ2) is 6.68. The Morgan fingerprint density at radius 3 is 2.95 bits per heavy atom. The standard InChI is InChI=1S/C15H22N2O2/c1-11(16-8-9-19-2)15(18)17-14-7-6-12-4-3-5-13(12)10-14/h6-7,10-11,16H,3-5,8-9H2,1-2H3,(H,17,18). The summed E-state index contributed by atoms with van der Waals surface area (Å²) in [4.78, 5) is 12.0. The van der Waals surface area contributed by atoms with Crippen LogP contribution in [0.25, 0.3) is 0 Å². The second-order valence-electron chi connectivity index (χ2n) is 4.99. The summed E-state index contributed by atoms with van der Waals surface area (Å²) in [6, 6.07) is 6.00. The highest BCUT2D eigenvalue weighted by Crippen LogP contribution is 2.24. The van der Waals surface area contributed by atoms with Crippen LogP contribution in [0.2, 0.25) is 0 Å². The van der Waals surface area contributed by atoms with E-state index in [9.17, 15) is 4.79 Å². The molecular formula is C15H22N2O2. The molecule has 1 aromatic carbocycles. The predicted molar refractivity (Wildman–Crippen MR) is 76.4 cm³/mol. The number of rotatable bonds is 6. The van der Waals surface area contributed by atoms with Crippen LogP contribution >= 0.6 is 0 Å². The summed E-state index contributed by atoms with van der Waals surface area (Å²) in [6.45, 7) is 3.14. The fraction of sp³-hybridized carbons (Fsp3) is 0.533. The summed E-state index contributed by atoms with van der Waals surface area (Å²) in [5, 5.41) is 6.07. The van der Waals surface area contributed by atoms with Crippen molar-refractivity contribution >= 4 is 11.6 Å². The molecule has 1 amide bonds. The molecule has 0 aliphatic heterocycles. The van der Waals surface area contributed by atoms with Crippen molar-refractivity contribution in [2.75, 3.05) is 25.6 Å². The first-order chi connectivity index (χ1) is 9.20. The molecular weight excluding hydrogens is 240 g/mol. The Bertz CT molecular complexity index is 446. The molecule has 0 saturated carbocycles. The summed E-state index contributed by atoms with van der Waals surface area (Å²) >= 11 is 0. The molecule has 2 rings (SSSR count). The molecule has 104 valence electrons. The first-order valence-corrected chi connectivity index (χ1v) is 6.85. The molecule has 0 radical (unpaired) electrons. The molecule has 19 heavy (non-hydrogen) atoms. The number of aryl methyl sites for hydroxylation is 2. The van der Waals surface area contributed by atoms with Gasteiger partial charge in [0.25, 0.3) is 0 Å². The van der Waals surface area contributed by atoms with E-state index in [4.69, 9.17) is 4.74 Å². The molecule has 1 atom stereocenters. The summed E-state index contributed by atoms with van der Waals surface area (Å²) in [5.41, 5.74) is 3.69. The number of benzene rings is 1. The third-order valence-corrected chi connectivity index (χ3v) is 3.52. The quantitative estimate of drug-likeness (QED) is 0.768. The van der Waals surface area contributed by atoms with Crippen LogP contribution in [-0.4, -0.2) is 32.2 Å². The van der Waals surface area contributed by atoms with Crippen molar-refractivity contribution in [2.24, 2.45) is 0 Å². The van der Waals surface area contributed by atoms with Crippen molar-refractivity contribution in [3.05, 3.63) is 29.3 Å². The predicted octanol–water partition coefficient (Wildman–Crippen LogP) is 1.74. The van der Waals surface area contributed by atoms with Gasteiger partial charge >= 0.3 is 0 Å². The van der Waals surface area contributed by atoms with Crippen LogP contribution in [0.1, 0.15) is 24.5 Å². The maximum atomic E-state index is 12.0. The molecule has 4 nitrogen and oxygen atoms in total. The molecule has 0 fully saturated rings. The van der Waals surface area contributed by atoms with Crippen LogP contribution in [0.15, 0.2) is 18.2 Å². The van der Waals surface area contributed by atoms with E-state index in [1.807, 2.05) is 13.0 Å². The van der Waals surface area contributed by atoms with Crippen molar-refractivity contribution in [1.29, 1.82) is 0 Å². The molecule has 1 aliphatic carbocycles. The Balaban J connectivity index is 1.88. The molecule has 1 aliphatic rings. The lowest BCUT2D eigenvalue weighted by Crippen LogP contribution is -2.39. The van der Waals surface area contributed by atoms with Gasteiger partial charge < -0.3 is 15.4 Å². The van der Waals surface area contributed by atoms with Gasteiger partial charge in [0, 0.05) is 19.3 Å². The fourth-order valence-corrected chi connectivity index (χ4v) is 2.37. The molecule has 0 spiro atoms. The monoisotopic (exact) mass is 262 g/mol. The number of fused-ring (bicyclic) bond motifs is 1. The Morgan fingerprint density at radius 2 is 2.16 bits per heavy atom. The van der Waals surface area contributed by atoms with Crippen LogP contribution < -0.4 is 10.6 Å². The van der Waals surface area contributed by atoms with Crippen molar-refractivity contribution in [3.63, 3.8) is 0 Å². The molecule has 0 heterocycles. The Kier molecular flexibility index (Phi) is 4.93. The highest BCUT2D eigenvalue weighted by Gasteiger charge is 2.14. The lowest BCUT2D eigenvalue weighted by atomic mass is 10.1. The fourth-order valence-electron chi connectivity index (χ4n) is 2.37. The number of anilines is 1. The van der Waals surface area contributed by atoms with Crippen LogP contribution in [0, 0.1) is 0 Å². The molecule has 4 heteroatoms. The molecule has 0 aromatic heterocycles. The number of ether oxygens (including phenoxy) is 1. The number of hydrogen-bond donors (Lipinski definition) is 2. The molecule has 0 bridgehead atoms. The van der Waals surface area contributed by atoms with Crippen molar-refractivity contribution in [2.45, 2.75) is 32.2 Å². The Hall–Kier alpha value is -1.39. The third-order valence-electron chi connectivity index (χ3n) is 3.52. The summed E-state index contributed by atoms with van der Waals surface area (Å²) in [6.07, 6.45) is 3.51. The maximum absolute atomic E-state index is 12.0. The average molecular weight is 262 g/mol. The number of methoxy groups -OCH3 is 1. The zero-order chi connectivity index (χ0) is 13.7. The van der Waals surface area contributed by atoms with Gasteiger partial charge in [0.2, 0.25) is 5.91 Å². The van der Waals surface area contributed by atoms with E-state index < -0.39 is 0 Å². The Labute approximate surface area is 114 Å². The van der Waals surface area contributed by atoms with Gasteiger partial charge in [0.1, 0.15) is 0 Å². The highest BCUT2D eigenvalue weighted by molar-refractivity contribution is 5.94. The van der Waals surface area contributed by atoms with Gasteiger partial charge in [-0.3, -0.25) is 4.79 Å². The van der Waals surface area contributed by atoms with Crippen molar-refractivity contribution < 1.29 is 9.53 Å². The van der Waals surface area contributed by atoms with Crippen LogP contribution in [-0.2, 0) is 22.4 Å². The minimum Gasteiger partial charge on any atom is -0.383 e. The average Bonchev–Trinajstić information content (AvgIpc) is 2.86. The minimum absolute atomic E-state index is 0.00551. The number of carbonyl (C=O) groups excluding carboxylic acids is 1. The molecule has 1 unspecified atom stereocenters. The number of nitrogens with one attached hydrogen (secondary N) is 2. The topological polar surface area (TPSA) is 50.4 Å². The maximum Gasteiger partial charge on any atom is 0.241 e. The van der Waals surface area contributed by atoms with E-state index in [1.54, 1.807) is 7.11 Å². The van der Waals surface area contributed by atoms with E-state index >= 15 is 0 Å². The van der Waals surface area contributed by atoms with E-state index in [0.29, 0.717) is 13.2 Å².